The first kappa shape index (κ1) is 13.3. The number of ether oxygens (including phenoxy) is 1. The maximum absolute atomic E-state index is 11.7. The van der Waals surface area contributed by atoms with Gasteiger partial charge in [0.1, 0.15) is 6.04 Å². The average Bonchev–Trinajstić information content (AvgIpc) is 2.38. The molecular weight excluding hydrogens is 238 g/mol. The van der Waals surface area contributed by atoms with Crippen molar-refractivity contribution in [1.29, 1.82) is 0 Å². The lowest BCUT2D eigenvalue weighted by atomic mass is 10.2. The van der Waals surface area contributed by atoms with Gasteiger partial charge in [-0.2, -0.15) is 0 Å². The molecule has 0 aromatic rings. The minimum absolute atomic E-state index is 0.137. The van der Waals surface area contributed by atoms with Gasteiger partial charge in [0.25, 0.3) is 0 Å². The summed E-state index contributed by atoms with van der Waals surface area (Å²) >= 11 is 0. The Morgan fingerprint density at radius 1 is 1.39 bits per heavy atom. The molecule has 2 heterocycles. The van der Waals surface area contributed by atoms with Crippen LogP contribution in [-0.4, -0.2) is 85.3 Å². The van der Waals surface area contributed by atoms with Gasteiger partial charge in [-0.15, -0.1) is 0 Å². The highest BCUT2D eigenvalue weighted by Gasteiger charge is 2.32. The van der Waals surface area contributed by atoms with E-state index in [1.807, 2.05) is 0 Å². The Morgan fingerprint density at radius 2 is 2.11 bits per heavy atom. The summed E-state index contributed by atoms with van der Waals surface area (Å²) < 4.78 is 5.25. The highest BCUT2D eigenvalue weighted by atomic mass is 16.5. The highest BCUT2D eigenvalue weighted by molar-refractivity contribution is 5.86. The van der Waals surface area contributed by atoms with Crippen LogP contribution in [0.2, 0.25) is 0 Å². The van der Waals surface area contributed by atoms with Gasteiger partial charge in [-0.1, -0.05) is 0 Å². The van der Waals surface area contributed by atoms with E-state index in [0.29, 0.717) is 32.8 Å². The number of hydrogen-bond donors (Lipinski definition) is 2. The van der Waals surface area contributed by atoms with Crippen molar-refractivity contribution in [3.63, 3.8) is 0 Å². The van der Waals surface area contributed by atoms with E-state index in [2.05, 4.69) is 10.2 Å². The van der Waals surface area contributed by atoms with Crippen LogP contribution in [0.15, 0.2) is 0 Å². The molecule has 7 heteroatoms. The van der Waals surface area contributed by atoms with Gasteiger partial charge in [0.15, 0.2) is 0 Å². The summed E-state index contributed by atoms with van der Waals surface area (Å²) in [5.41, 5.74) is 0. The number of rotatable bonds is 4. The Bertz CT molecular complexity index is 317. The molecule has 2 N–H and O–H groups in total. The standard InChI is InChI=1S/C11H19N3O4/c15-10-8-12-7-9(11(16)17)14(10)2-1-13-3-5-18-6-4-13/h9,12H,1-8H2,(H,16,17). The van der Waals surface area contributed by atoms with Gasteiger partial charge in [-0.25, -0.2) is 4.79 Å². The van der Waals surface area contributed by atoms with Crippen molar-refractivity contribution in [3.8, 4) is 0 Å². The number of nitrogens with zero attached hydrogens (tertiary/aromatic N) is 2. The summed E-state index contributed by atoms with van der Waals surface area (Å²) in [7, 11) is 0. The zero-order chi connectivity index (χ0) is 13.0. The van der Waals surface area contributed by atoms with E-state index >= 15 is 0 Å². The third kappa shape index (κ3) is 3.18. The predicted octanol–water partition coefficient (Wildman–Crippen LogP) is -1.80. The van der Waals surface area contributed by atoms with Crippen molar-refractivity contribution < 1.29 is 19.4 Å². The van der Waals surface area contributed by atoms with E-state index in [0.717, 1.165) is 13.1 Å². The predicted molar refractivity (Wildman–Crippen MR) is 63.3 cm³/mol. The van der Waals surface area contributed by atoms with Crippen LogP contribution in [0.3, 0.4) is 0 Å². The first-order chi connectivity index (χ1) is 8.68. The molecule has 0 aromatic heterocycles. The van der Waals surface area contributed by atoms with Crippen LogP contribution >= 0.6 is 0 Å². The number of carbonyl (C=O) groups excluding carboxylic acids is 1. The first-order valence-electron chi connectivity index (χ1n) is 6.21. The van der Waals surface area contributed by atoms with Crippen LogP contribution in [0.5, 0.6) is 0 Å². The van der Waals surface area contributed by atoms with E-state index < -0.39 is 12.0 Å². The average molecular weight is 257 g/mol. The monoisotopic (exact) mass is 257 g/mol. The Hall–Kier alpha value is -1.18. The van der Waals surface area contributed by atoms with Crippen LogP contribution < -0.4 is 5.32 Å². The summed E-state index contributed by atoms with van der Waals surface area (Å²) in [6, 6.07) is -0.743. The van der Waals surface area contributed by atoms with E-state index in [-0.39, 0.29) is 12.5 Å². The number of carboxylic acids is 1. The molecule has 0 aliphatic carbocycles. The van der Waals surface area contributed by atoms with Gasteiger partial charge in [0.2, 0.25) is 5.91 Å². The molecule has 2 saturated heterocycles. The molecule has 18 heavy (non-hydrogen) atoms. The summed E-state index contributed by atoms with van der Waals surface area (Å²) in [6.45, 7) is 4.83. The molecule has 0 aromatic carbocycles. The lowest BCUT2D eigenvalue weighted by Crippen LogP contribution is -2.59. The quantitative estimate of drug-likeness (QED) is 0.618. The van der Waals surface area contributed by atoms with Gasteiger partial charge >= 0.3 is 5.97 Å². The molecular formula is C11H19N3O4. The molecule has 2 aliphatic heterocycles. The number of morpholine rings is 1. The normalized spacial score (nSPS) is 26.3. The van der Waals surface area contributed by atoms with Gasteiger partial charge in [0, 0.05) is 32.7 Å². The second-order valence-electron chi connectivity index (χ2n) is 4.53. The number of carbonyl (C=O) groups is 2. The Balaban J connectivity index is 1.87. The molecule has 102 valence electrons. The summed E-state index contributed by atoms with van der Waals surface area (Å²) in [5.74, 6) is -1.08. The van der Waals surface area contributed by atoms with Crippen molar-refractivity contribution in [1.82, 2.24) is 15.1 Å². The Kier molecular flexibility index (Phi) is 4.51. The highest BCUT2D eigenvalue weighted by Crippen LogP contribution is 2.06. The lowest BCUT2D eigenvalue weighted by molar-refractivity contribution is -0.152. The van der Waals surface area contributed by atoms with E-state index in [1.54, 1.807) is 0 Å². The number of aliphatic carboxylic acids is 1. The van der Waals surface area contributed by atoms with Crippen LogP contribution in [0.4, 0.5) is 0 Å². The SMILES string of the molecule is O=C(O)C1CNCC(=O)N1CCN1CCOCC1. The summed E-state index contributed by atoms with van der Waals surface area (Å²) in [6.07, 6.45) is 0. The zero-order valence-electron chi connectivity index (χ0n) is 10.3. The number of carboxylic acid groups (broad SMARTS) is 1. The molecule has 1 atom stereocenters. The van der Waals surface area contributed by atoms with Crippen LogP contribution in [0, 0.1) is 0 Å². The van der Waals surface area contributed by atoms with Crippen LogP contribution in [0.1, 0.15) is 0 Å². The third-order valence-corrected chi connectivity index (χ3v) is 3.36. The van der Waals surface area contributed by atoms with E-state index in [1.165, 1.54) is 4.90 Å². The fourth-order valence-electron chi connectivity index (χ4n) is 2.28. The summed E-state index contributed by atoms with van der Waals surface area (Å²) in [4.78, 5) is 26.5. The number of piperazine rings is 1. The maximum atomic E-state index is 11.7. The Labute approximate surface area is 106 Å². The van der Waals surface area contributed by atoms with Gasteiger partial charge in [0.05, 0.1) is 19.8 Å². The number of amides is 1. The molecule has 1 unspecified atom stereocenters. The van der Waals surface area contributed by atoms with Crippen LogP contribution in [-0.2, 0) is 14.3 Å². The van der Waals surface area contributed by atoms with Crippen molar-refractivity contribution >= 4 is 11.9 Å². The molecule has 2 rings (SSSR count). The molecule has 0 spiro atoms. The molecule has 2 fully saturated rings. The number of hydrogen-bond acceptors (Lipinski definition) is 5. The molecule has 2 aliphatic rings. The molecule has 7 nitrogen and oxygen atoms in total. The largest absolute Gasteiger partial charge is 0.480 e. The van der Waals surface area contributed by atoms with Crippen molar-refractivity contribution in [2.45, 2.75) is 6.04 Å². The van der Waals surface area contributed by atoms with Gasteiger partial charge < -0.3 is 20.1 Å². The minimum atomic E-state index is -0.947. The second kappa shape index (κ2) is 6.12. The maximum Gasteiger partial charge on any atom is 0.327 e. The molecule has 0 radical (unpaired) electrons. The molecule has 1 amide bonds. The lowest BCUT2D eigenvalue weighted by Gasteiger charge is -2.35. The Morgan fingerprint density at radius 3 is 2.78 bits per heavy atom. The van der Waals surface area contributed by atoms with Crippen molar-refractivity contribution in [2.75, 3.05) is 52.5 Å². The van der Waals surface area contributed by atoms with E-state index in [4.69, 9.17) is 9.84 Å². The molecule has 0 saturated carbocycles. The van der Waals surface area contributed by atoms with Crippen LogP contribution in [0.25, 0.3) is 0 Å². The van der Waals surface area contributed by atoms with Gasteiger partial charge in [-0.3, -0.25) is 9.69 Å². The number of nitrogens with one attached hydrogen (secondary N) is 1. The van der Waals surface area contributed by atoms with E-state index in [9.17, 15) is 9.59 Å². The minimum Gasteiger partial charge on any atom is -0.480 e. The zero-order valence-corrected chi connectivity index (χ0v) is 10.3. The first-order valence-corrected chi connectivity index (χ1v) is 6.21. The molecule has 0 bridgehead atoms. The fraction of sp³-hybridized carbons (Fsp3) is 0.818. The van der Waals surface area contributed by atoms with Gasteiger partial charge in [-0.05, 0) is 0 Å². The fourth-order valence-corrected chi connectivity index (χ4v) is 2.28. The smallest absolute Gasteiger partial charge is 0.327 e. The topological polar surface area (TPSA) is 82.1 Å². The third-order valence-electron chi connectivity index (χ3n) is 3.36. The van der Waals surface area contributed by atoms with Crippen molar-refractivity contribution in [3.05, 3.63) is 0 Å². The second-order valence-corrected chi connectivity index (χ2v) is 4.53. The van der Waals surface area contributed by atoms with Crippen molar-refractivity contribution in [2.24, 2.45) is 0 Å². The summed E-state index contributed by atoms with van der Waals surface area (Å²) in [5, 5.41) is 11.9.